The van der Waals surface area contributed by atoms with E-state index in [-0.39, 0.29) is 5.60 Å². The minimum Gasteiger partial charge on any atom is -0.374 e. The molecular weight excluding hydrogens is 254 g/mol. The van der Waals surface area contributed by atoms with Crippen molar-refractivity contribution in [3.05, 3.63) is 0 Å². The lowest BCUT2D eigenvalue weighted by atomic mass is 9.82. The Bertz CT molecular complexity index is 290. The van der Waals surface area contributed by atoms with Gasteiger partial charge in [0, 0.05) is 18.4 Å². The Hall–Kier alpha value is 0.270. The summed E-state index contributed by atoms with van der Waals surface area (Å²) in [6.07, 6.45) is 9.53. The number of rotatable bonds is 3. The zero-order valence-corrected chi connectivity index (χ0v) is 13.1. The molecule has 1 spiro atoms. The van der Waals surface area contributed by atoms with Crippen molar-refractivity contribution in [3.8, 4) is 0 Å². The zero-order chi connectivity index (χ0) is 13.1. The molecule has 2 heterocycles. The van der Waals surface area contributed by atoms with Crippen molar-refractivity contribution in [1.29, 1.82) is 0 Å². The topological polar surface area (TPSA) is 21.3 Å². The number of hydrogen-bond donors (Lipinski definition) is 1. The lowest BCUT2D eigenvalue weighted by Gasteiger charge is -2.39. The average Bonchev–Trinajstić information content (AvgIpc) is 2.85. The fourth-order valence-corrected chi connectivity index (χ4v) is 5.52. The van der Waals surface area contributed by atoms with Crippen molar-refractivity contribution in [3.63, 3.8) is 0 Å². The lowest BCUT2D eigenvalue weighted by molar-refractivity contribution is -0.0705. The van der Waals surface area contributed by atoms with Gasteiger partial charge in [0.05, 0.1) is 5.60 Å². The third-order valence-corrected chi connectivity index (χ3v) is 6.52. The molecule has 1 N–H and O–H groups in total. The predicted octanol–water partition coefficient (Wildman–Crippen LogP) is 3.46. The van der Waals surface area contributed by atoms with Crippen LogP contribution in [0.4, 0.5) is 0 Å². The van der Waals surface area contributed by atoms with Crippen LogP contribution in [0, 0.1) is 11.8 Å². The Morgan fingerprint density at radius 3 is 3.05 bits per heavy atom. The van der Waals surface area contributed by atoms with Crippen LogP contribution >= 0.6 is 11.8 Å². The molecule has 0 amide bonds. The molecule has 1 saturated carbocycles. The average molecular weight is 283 g/mol. The van der Waals surface area contributed by atoms with E-state index in [1.807, 2.05) is 0 Å². The van der Waals surface area contributed by atoms with E-state index in [1.165, 1.54) is 63.0 Å². The van der Waals surface area contributed by atoms with E-state index in [2.05, 4.69) is 24.0 Å². The van der Waals surface area contributed by atoms with Crippen LogP contribution in [0.25, 0.3) is 0 Å². The van der Waals surface area contributed by atoms with Crippen LogP contribution in [0.3, 0.4) is 0 Å². The van der Waals surface area contributed by atoms with Crippen molar-refractivity contribution in [1.82, 2.24) is 5.32 Å². The monoisotopic (exact) mass is 283 g/mol. The van der Waals surface area contributed by atoms with Gasteiger partial charge in [0.1, 0.15) is 0 Å². The molecule has 3 fully saturated rings. The van der Waals surface area contributed by atoms with E-state index in [9.17, 15) is 0 Å². The molecule has 1 aliphatic carbocycles. The highest BCUT2D eigenvalue weighted by Crippen LogP contribution is 2.38. The Balaban J connectivity index is 1.44. The van der Waals surface area contributed by atoms with Gasteiger partial charge in [0.25, 0.3) is 0 Å². The molecule has 0 aromatic carbocycles. The second-order valence-electron chi connectivity index (χ2n) is 7.07. The minimum atomic E-state index is 0.237. The molecular formula is C16H29NOS. The quantitative estimate of drug-likeness (QED) is 0.857. The summed E-state index contributed by atoms with van der Waals surface area (Å²) >= 11 is 2.08. The van der Waals surface area contributed by atoms with Gasteiger partial charge in [-0.2, -0.15) is 11.8 Å². The largest absolute Gasteiger partial charge is 0.374 e. The summed E-state index contributed by atoms with van der Waals surface area (Å²) in [7, 11) is 0. The standard InChI is InChI=1S/C16H29NOS/c1-13-3-2-4-14(9-13)11-17-15-5-7-18-16(10-15)6-8-19-12-16/h13-15,17H,2-12H2,1H3. The van der Waals surface area contributed by atoms with Crippen molar-refractivity contribution in [2.24, 2.45) is 11.8 Å². The molecule has 19 heavy (non-hydrogen) atoms. The van der Waals surface area contributed by atoms with Crippen molar-refractivity contribution < 1.29 is 4.74 Å². The second kappa shape index (κ2) is 6.36. The maximum Gasteiger partial charge on any atom is 0.0795 e. The van der Waals surface area contributed by atoms with Crippen LogP contribution < -0.4 is 5.32 Å². The first-order valence-electron chi connectivity index (χ1n) is 8.21. The highest BCUT2D eigenvalue weighted by Gasteiger charge is 2.40. The highest BCUT2D eigenvalue weighted by molar-refractivity contribution is 7.99. The maximum atomic E-state index is 6.10. The van der Waals surface area contributed by atoms with E-state index in [0.29, 0.717) is 6.04 Å². The molecule has 3 heteroatoms. The van der Waals surface area contributed by atoms with E-state index in [0.717, 1.165) is 18.4 Å². The number of thioether (sulfide) groups is 1. The Kier molecular flexibility index (Phi) is 4.76. The molecule has 0 aromatic rings. The normalized spacial score (nSPS) is 43.7. The van der Waals surface area contributed by atoms with Crippen molar-refractivity contribution in [2.75, 3.05) is 24.7 Å². The third-order valence-electron chi connectivity index (χ3n) is 5.30. The SMILES string of the molecule is CC1CCCC(CNC2CCOC3(CCSC3)C2)C1. The molecule has 0 radical (unpaired) electrons. The first kappa shape index (κ1) is 14.2. The van der Waals surface area contributed by atoms with Crippen LogP contribution in [-0.2, 0) is 4.74 Å². The van der Waals surface area contributed by atoms with E-state index < -0.39 is 0 Å². The first-order chi connectivity index (χ1) is 9.26. The van der Waals surface area contributed by atoms with E-state index in [4.69, 9.17) is 4.74 Å². The molecule has 4 atom stereocenters. The van der Waals surface area contributed by atoms with E-state index in [1.54, 1.807) is 0 Å². The third kappa shape index (κ3) is 3.68. The predicted molar refractivity (Wildman–Crippen MR) is 82.8 cm³/mol. The van der Waals surface area contributed by atoms with Crippen LogP contribution in [-0.4, -0.2) is 36.3 Å². The maximum absolute atomic E-state index is 6.10. The van der Waals surface area contributed by atoms with Crippen molar-refractivity contribution in [2.45, 2.75) is 63.5 Å². The molecule has 0 bridgehead atoms. The summed E-state index contributed by atoms with van der Waals surface area (Å²) in [6.45, 7) is 4.64. The molecule has 3 rings (SSSR count). The summed E-state index contributed by atoms with van der Waals surface area (Å²) in [5.74, 6) is 4.41. The fraction of sp³-hybridized carbons (Fsp3) is 1.00. The number of ether oxygens (including phenoxy) is 1. The number of hydrogen-bond acceptors (Lipinski definition) is 3. The molecule has 110 valence electrons. The van der Waals surface area contributed by atoms with Crippen LogP contribution in [0.5, 0.6) is 0 Å². The number of nitrogens with one attached hydrogen (secondary N) is 1. The van der Waals surface area contributed by atoms with Crippen LogP contribution in [0.1, 0.15) is 51.9 Å². The zero-order valence-electron chi connectivity index (χ0n) is 12.3. The van der Waals surface area contributed by atoms with Crippen LogP contribution in [0.2, 0.25) is 0 Å². The van der Waals surface area contributed by atoms with Gasteiger partial charge in [-0.05, 0) is 56.2 Å². The first-order valence-corrected chi connectivity index (χ1v) is 9.36. The highest BCUT2D eigenvalue weighted by atomic mass is 32.2. The van der Waals surface area contributed by atoms with E-state index >= 15 is 0 Å². The minimum absolute atomic E-state index is 0.237. The summed E-state index contributed by atoms with van der Waals surface area (Å²) < 4.78 is 6.10. The van der Waals surface area contributed by atoms with Gasteiger partial charge >= 0.3 is 0 Å². The Labute approximate surface area is 122 Å². The summed E-state index contributed by atoms with van der Waals surface area (Å²) in [5, 5.41) is 3.87. The molecule has 2 nitrogen and oxygen atoms in total. The van der Waals surface area contributed by atoms with Gasteiger partial charge in [-0.25, -0.2) is 0 Å². The van der Waals surface area contributed by atoms with Gasteiger partial charge in [-0.15, -0.1) is 0 Å². The van der Waals surface area contributed by atoms with Gasteiger partial charge in [0.2, 0.25) is 0 Å². The van der Waals surface area contributed by atoms with Crippen LogP contribution in [0.15, 0.2) is 0 Å². The Morgan fingerprint density at radius 2 is 2.26 bits per heavy atom. The van der Waals surface area contributed by atoms with Crippen molar-refractivity contribution >= 4 is 11.8 Å². The lowest BCUT2D eigenvalue weighted by Crippen LogP contribution is -2.48. The molecule has 2 saturated heterocycles. The Morgan fingerprint density at radius 1 is 1.32 bits per heavy atom. The summed E-state index contributed by atoms with van der Waals surface area (Å²) in [5.41, 5.74) is 0.237. The second-order valence-corrected chi connectivity index (χ2v) is 8.18. The fourth-order valence-electron chi connectivity index (χ4n) is 4.14. The molecule has 3 aliphatic rings. The van der Waals surface area contributed by atoms with Gasteiger partial charge < -0.3 is 10.1 Å². The van der Waals surface area contributed by atoms with Gasteiger partial charge in [-0.3, -0.25) is 0 Å². The molecule has 2 aliphatic heterocycles. The summed E-state index contributed by atoms with van der Waals surface area (Å²) in [4.78, 5) is 0. The smallest absolute Gasteiger partial charge is 0.0795 e. The van der Waals surface area contributed by atoms with Gasteiger partial charge in [0.15, 0.2) is 0 Å². The summed E-state index contributed by atoms with van der Waals surface area (Å²) in [6, 6.07) is 0.713. The molecule has 4 unspecified atom stereocenters. The van der Waals surface area contributed by atoms with Gasteiger partial charge in [-0.1, -0.05) is 19.8 Å². The molecule has 0 aromatic heterocycles.